The first-order valence-corrected chi connectivity index (χ1v) is 8.28. The number of nitrogens with one attached hydrogen (secondary N) is 1. The van der Waals surface area contributed by atoms with Crippen LogP contribution in [0.2, 0.25) is 5.02 Å². The predicted molar refractivity (Wildman–Crippen MR) is 84.6 cm³/mol. The van der Waals surface area contributed by atoms with Crippen LogP contribution in [0.15, 0.2) is 47.4 Å². The second kappa shape index (κ2) is 6.37. The van der Waals surface area contributed by atoms with Crippen molar-refractivity contribution >= 4 is 27.3 Å². The van der Waals surface area contributed by atoms with Gasteiger partial charge in [0.25, 0.3) is 10.0 Å². The molecule has 1 N–H and O–H groups in total. The highest BCUT2D eigenvalue weighted by Gasteiger charge is 2.17. The van der Waals surface area contributed by atoms with Crippen LogP contribution in [0.5, 0.6) is 5.75 Å². The summed E-state index contributed by atoms with van der Waals surface area (Å²) in [5.74, 6) is 0.435. The van der Waals surface area contributed by atoms with Crippen LogP contribution in [-0.4, -0.2) is 15.5 Å². The molecule has 2 aromatic carbocycles. The zero-order chi connectivity index (χ0) is 15.5. The average molecular weight is 326 g/mol. The molecular weight excluding hydrogens is 310 g/mol. The topological polar surface area (TPSA) is 55.4 Å². The summed E-state index contributed by atoms with van der Waals surface area (Å²) >= 11 is 5.98. The largest absolute Gasteiger partial charge is 0.495 e. The fourth-order valence-electron chi connectivity index (χ4n) is 1.95. The van der Waals surface area contributed by atoms with Gasteiger partial charge in [-0.25, -0.2) is 8.42 Å². The van der Waals surface area contributed by atoms with Crippen molar-refractivity contribution in [1.82, 2.24) is 0 Å². The second-order valence-corrected chi connectivity index (χ2v) is 6.50. The zero-order valence-corrected chi connectivity index (χ0v) is 13.3. The molecule has 0 atom stereocenters. The average Bonchev–Trinajstić information content (AvgIpc) is 2.47. The molecule has 6 heteroatoms. The van der Waals surface area contributed by atoms with Crippen LogP contribution in [-0.2, 0) is 16.4 Å². The summed E-state index contributed by atoms with van der Waals surface area (Å²) in [6.45, 7) is 1.97. The van der Waals surface area contributed by atoms with Crippen LogP contribution < -0.4 is 9.46 Å². The third kappa shape index (κ3) is 3.49. The summed E-state index contributed by atoms with van der Waals surface area (Å²) in [5.41, 5.74) is 1.51. The van der Waals surface area contributed by atoms with Crippen LogP contribution >= 0.6 is 11.6 Å². The molecule has 0 amide bonds. The molecule has 0 fully saturated rings. The molecule has 2 rings (SSSR count). The van der Waals surface area contributed by atoms with Crippen molar-refractivity contribution in [2.75, 3.05) is 11.8 Å². The SMILES string of the molecule is CCc1ccccc1NS(=O)(=O)c1ccc(OC)c(Cl)c1. The van der Waals surface area contributed by atoms with Crippen molar-refractivity contribution in [3.8, 4) is 5.75 Å². The molecule has 0 bridgehead atoms. The molecule has 0 spiro atoms. The van der Waals surface area contributed by atoms with E-state index in [0.29, 0.717) is 11.4 Å². The molecule has 0 aliphatic carbocycles. The smallest absolute Gasteiger partial charge is 0.261 e. The maximum Gasteiger partial charge on any atom is 0.261 e. The number of sulfonamides is 1. The molecule has 0 unspecified atom stereocenters. The van der Waals surface area contributed by atoms with Gasteiger partial charge in [-0.1, -0.05) is 36.7 Å². The molecule has 4 nitrogen and oxygen atoms in total. The number of ether oxygens (including phenoxy) is 1. The van der Waals surface area contributed by atoms with Crippen molar-refractivity contribution in [1.29, 1.82) is 0 Å². The van der Waals surface area contributed by atoms with Gasteiger partial charge in [-0.3, -0.25) is 4.72 Å². The van der Waals surface area contributed by atoms with E-state index in [2.05, 4.69) is 4.72 Å². The Kier molecular flexibility index (Phi) is 4.75. The van der Waals surface area contributed by atoms with Gasteiger partial charge in [0.1, 0.15) is 5.75 Å². The van der Waals surface area contributed by atoms with E-state index in [-0.39, 0.29) is 9.92 Å². The number of methoxy groups -OCH3 is 1. The van der Waals surface area contributed by atoms with Crippen molar-refractivity contribution in [3.63, 3.8) is 0 Å². The van der Waals surface area contributed by atoms with Gasteiger partial charge in [0, 0.05) is 0 Å². The third-order valence-electron chi connectivity index (χ3n) is 3.08. The van der Waals surface area contributed by atoms with Gasteiger partial charge < -0.3 is 4.74 Å². The number of aryl methyl sites for hydroxylation is 1. The van der Waals surface area contributed by atoms with E-state index >= 15 is 0 Å². The Morgan fingerprint density at radius 3 is 2.52 bits per heavy atom. The van der Waals surface area contributed by atoms with Crippen molar-refractivity contribution < 1.29 is 13.2 Å². The van der Waals surface area contributed by atoms with Gasteiger partial charge in [-0.05, 0) is 36.2 Å². The summed E-state index contributed by atoms with van der Waals surface area (Å²) in [6, 6.07) is 11.7. The summed E-state index contributed by atoms with van der Waals surface area (Å²) in [4.78, 5) is 0.0965. The number of hydrogen-bond donors (Lipinski definition) is 1. The van der Waals surface area contributed by atoms with E-state index in [9.17, 15) is 8.42 Å². The lowest BCUT2D eigenvalue weighted by Crippen LogP contribution is -2.14. The first-order valence-electron chi connectivity index (χ1n) is 6.42. The van der Waals surface area contributed by atoms with Gasteiger partial charge >= 0.3 is 0 Å². The van der Waals surface area contributed by atoms with Crippen LogP contribution in [0.25, 0.3) is 0 Å². The predicted octanol–water partition coefficient (Wildman–Crippen LogP) is 3.71. The molecule has 0 radical (unpaired) electrons. The third-order valence-corrected chi connectivity index (χ3v) is 4.73. The number of hydrogen-bond acceptors (Lipinski definition) is 3. The van der Waals surface area contributed by atoms with E-state index in [4.69, 9.17) is 16.3 Å². The van der Waals surface area contributed by atoms with Crippen LogP contribution in [0.3, 0.4) is 0 Å². The molecule has 0 saturated heterocycles. The maximum absolute atomic E-state index is 12.4. The molecule has 0 aliphatic heterocycles. The van der Waals surface area contributed by atoms with E-state index in [1.54, 1.807) is 12.1 Å². The number of benzene rings is 2. The Morgan fingerprint density at radius 2 is 1.90 bits per heavy atom. The Hall–Kier alpha value is -1.72. The lowest BCUT2D eigenvalue weighted by Gasteiger charge is -2.12. The normalized spacial score (nSPS) is 11.2. The van der Waals surface area contributed by atoms with Gasteiger partial charge in [-0.15, -0.1) is 0 Å². The van der Waals surface area contributed by atoms with E-state index in [0.717, 1.165) is 12.0 Å². The Morgan fingerprint density at radius 1 is 1.19 bits per heavy atom. The van der Waals surface area contributed by atoms with Gasteiger partial charge in [-0.2, -0.15) is 0 Å². The first kappa shape index (κ1) is 15.7. The van der Waals surface area contributed by atoms with Crippen molar-refractivity contribution in [2.45, 2.75) is 18.2 Å². The highest BCUT2D eigenvalue weighted by atomic mass is 35.5. The van der Waals surface area contributed by atoms with Crippen LogP contribution in [0.1, 0.15) is 12.5 Å². The van der Waals surface area contributed by atoms with E-state index < -0.39 is 10.0 Å². The maximum atomic E-state index is 12.4. The zero-order valence-electron chi connectivity index (χ0n) is 11.8. The second-order valence-electron chi connectivity index (χ2n) is 4.41. The monoisotopic (exact) mass is 325 g/mol. The van der Waals surface area contributed by atoms with Gasteiger partial charge in [0.15, 0.2) is 0 Å². The number of halogens is 1. The summed E-state index contributed by atoms with van der Waals surface area (Å²) in [6.07, 6.45) is 0.738. The summed E-state index contributed by atoms with van der Waals surface area (Å²) in [5, 5.41) is 0.254. The van der Waals surface area contributed by atoms with E-state index in [1.165, 1.54) is 25.3 Å². The quantitative estimate of drug-likeness (QED) is 0.911. The Bertz CT molecular complexity index is 744. The van der Waals surface area contributed by atoms with Crippen LogP contribution in [0.4, 0.5) is 5.69 Å². The van der Waals surface area contributed by atoms with E-state index in [1.807, 2.05) is 19.1 Å². The number of anilines is 1. The molecule has 112 valence electrons. The minimum absolute atomic E-state index is 0.0965. The highest BCUT2D eigenvalue weighted by Crippen LogP contribution is 2.28. The van der Waals surface area contributed by atoms with Gasteiger partial charge in [0.2, 0.25) is 0 Å². The fraction of sp³-hybridized carbons (Fsp3) is 0.200. The minimum atomic E-state index is -3.68. The highest BCUT2D eigenvalue weighted by molar-refractivity contribution is 7.92. The number of para-hydroxylation sites is 1. The minimum Gasteiger partial charge on any atom is -0.495 e. The first-order chi connectivity index (χ1) is 9.97. The van der Waals surface area contributed by atoms with Gasteiger partial charge in [0.05, 0.1) is 22.7 Å². The molecule has 0 aromatic heterocycles. The summed E-state index contributed by atoms with van der Waals surface area (Å²) < 4.78 is 32.4. The molecular formula is C15H16ClNO3S. The van der Waals surface area contributed by atoms with Crippen LogP contribution in [0, 0.1) is 0 Å². The Labute approximate surface area is 129 Å². The Balaban J connectivity index is 2.36. The molecule has 0 aliphatic rings. The summed E-state index contributed by atoms with van der Waals surface area (Å²) in [7, 11) is -2.21. The molecule has 0 heterocycles. The van der Waals surface area contributed by atoms with Crippen molar-refractivity contribution in [3.05, 3.63) is 53.1 Å². The lowest BCUT2D eigenvalue weighted by atomic mass is 10.1. The fourth-order valence-corrected chi connectivity index (χ4v) is 3.40. The molecule has 2 aromatic rings. The van der Waals surface area contributed by atoms with Crippen molar-refractivity contribution in [2.24, 2.45) is 0 Å². The number of rotatable bonds is 5. The standard InChI is InChI=1S/C15H16ClNO3S/c1-3-11-6-4-5-7-14(11)17-21(18,19)12-8-9-15(20-2)13(16)10-12/h4-10,17H,3H2,1-2H3. The molecule has 0 saturated carbocycles. The lowest BCUT2D eigenvalue weighted by molar-refractivity contribution is 0.414. The molecule has 21 heavy (non-hydrogen) atoms.